The predicted molar refractivity (Wildman–Crippen MR) is 125 cm³/mol. The number of alkyl halides is 3. The van der Waals surface area contributed by atoms with Crippen molar-refractivity contribution in [1.29, 1.82) is 0 Å². The lowest BCUT2D eigenvalue weighted by molar-refractivity contribution is -0.141. The van der Waals surface area contributed by atoms with Gasteiger partial charge in [-0.15, -0.1) is 0 Å². The van der Waals surface area contributed by atoms with E-state index < -0.39 is 27.6 Å². The molecule has 0 spiro atoms. The van der Waals surface area contributed by atoms with Crippen LogP contribution in [0.3, 0.4) is 0 Å². The molecule has 186 valence electrons. The first-order valence-corrected chi connectivity index (χ1v) is 13.1. The number of halogens is 4. The van der Waals surface area contributed by atoms with Crippen LogP contribution in [0, 0.1) is 5.92 Å². The normalized spacial score (nSPS) is 16.4. The number of sulfone groups is 1. The van der Waals surface area contributed by atoms with Gasteiger partial charge in [-0.2, -0.15) is 13.2 Å². The molecule has 1 aromatic heterocycles. The third kappa shape index (κ3) is 6.21. The minimum Gasteiger partial charge on any atom is -0.356 e. The zero-order valence-corrected chi connectivity index (χ0v) is 20.7. The SMILES string of the molecule is CC1CCN(c2nc(C(F)(F)F)ccc2CNC(=O)C(C)c2ccc(S(C)(=O)=O)c(Cl)c2)CC1. The van der Waals surface area contributed by atoms with Crippen LogP contribution < -0.4 is 10.2 Å². The van der Waals surface area contributed by atoms with E-state index in [4.69, 9.17) is 11.6 Å². The Kier molecular flexibility index (Phi) is 7.82. The van der Waals surface area contributed by atoms with Gasteiger partial charge in [0.15, 0.2) is 9.84 Å². The Morgan fingerprint density at radius 2 is 1.88 bits per heavy atom. The Bertz CT molecular complexity index is 1160. The van der Waals surface area contributed by atoms with Gasteiger partial charge in [0.05, 0.1) is 15.8 Å². The van der Waals surface area contributed by atoms with Crippen LogP contribution in [0.5, 0.6) is 0 Å². The van der Waals surface area contributed by atoms with Crippen molar-refractivity contribution in [3.05, 3.63) is 52.2 Å². The largest absolute Gasteiger partial charge is 0.433 e. The van der Waals surface area contributed by atoms with Gasteiger partial charge in [0.2, 0.25) is 5.91 Å². The number of aromatic nitrogens is 1. The van der Waals surface area contributed by atoms with E-state index in [0.29, 0.717) is 30.1 Å². The van der Waals surface area contributed by atoms with Crippen molar-refractivity contribution in [3.63, 3.8) is 0 Å². The number of hydrogen-bond acceptors (Lipinski definition) is 5. The van der Waals surface area contributed by atoms with Crippen LogP contribution in [0.15, 0.2) is 35.2 Å². The Morgan fingerprint density at radius 3 is 2.44 bits per heavy atom. The number of nitrogens with one attached hydrogen (secondary N) is 1. The summed E-state index contributed by atoms with van der Waals surface area (Å²) in [6.07, 6.45) is -1.82. The smallest absolute Gasteiger partial charge is 0.356 e. The molecular formula is C23H27ClF3N3O3S. The minimum atomic E-state index is -4.56. The second-order valence-electron chi connectivity index (χ2n) is 8.75. The molecule has 0 saturated carbocycles. The molecule has 1 fully saturated rings. The Morgan fingerprint density at radius 1 is 1.24 bits per heavy atom. The molecule has 0 bridgehead atoms. The molecule has 2 heterocycles. The number of anilines is 1. The molecule has 3 rings (SSSR count). The molecule has 6 nitrogen and oxygen atoms in total. The summed E-state index contributed by atoms with van der Waals surface area (Å²) < 4.78 is 63.3. The van der Waals surface area contributed by atoms with E-state index in [1.165, 1.54) is 24.3 Å². The maximum absolute atomic E-state index is 13.3. The third-order valence-corrected chi connectivity index (χ3v) is 7.61. The number of hydrogen-bond donors (Lipinski definition) is 1. The molecule has 2 aromatic rings. The van der Waals surface area contributed by atoms with E-state index in [9.17, 15) is 26.4 Å². The topological polar surface area (TPSA) is 79.4 Å². The highest BCUT2D eigenvalue weighted by Crippen LogP contribution is 2.32. The number of amides is 1. The fourth-order valence-corrected chi connectivity index (χ4v) is 5.18. The summed E-state index contributed by atoms with van der Waals surface area (Å²) in [5, 5.41) is 2.78. The molecule has 1 aromatic carbocycles. The average Bonchev–Trinajstić information content (AvgIpc) is 2.75. The van der Waals surface area contributed by atoms with Crippen LogP contribution in [0.2, 0.25) is 5.02 Å². The van der Waals surface area contributed by atoms with Gasteiger partial charge in [0.1, 0.15) is 11.5 Å². The molecule has 1 aliphatic heterocycles. The third-order valence-electron chi connectivity index (χ3n) is 6.03. The summed E-state index contributed by atoms with van der Waals surface area (Å²) in [4.78, 5) is 18.5. The van der Waals surface area contributed by atoms with Crippen LogP contribution in [-0.2, 0) is 27.4 Å². The molecule has 0 radical (unpaired) electrons. The Balaban J connectivity index is 1.78. The molecule has 11 heteroatoms. The van der Waals surface area contributed by atoms with Crippen LogP contribution >= 0.6 is 11.6 Å². The van der Waals surface area contributed by atoms with Crippen molar-refractivity contribution >= 4 is 33.2 Å². The summed E-state index contributed by atoms with van der Waals surface area (Å²) in [5.41, 5.74) is 0.0458. The second kappa shape index (κ2) is 10.1. The van der Waals surface area contributed by atoms with Gasteiger partial charge in [0.25, 0.3) is 0 Å². The number of benzene rings is 1. The molecule has 0 aliphatic carbocycles. The number of carbonyl (C=O) groups excluding carboxylic acids is 1. The van der Waals surface area contributed by atoms with Crippen molar-refractivity contribution in [2.75, 3.05) is 24.2 Å². The van der Waals surface area contributed by atoms with Gasteiger partial charge in [-0.05, 0) is 49.4 Å². The highest BCUT2D eigenvalue weighted by molar-refractivity contribution is 7.90. The summed E-state index contributed by atoms with van der Waals surface area (Å²) in [6, 6.07) is 6.58. The number of rotatable bonds is 6. The molecule has 1 amide bonds. The van der Waals surface area contributed by atoms with Gasteiger partial charge in [-0.25, -0.2) is 13.4 Å². The van der Waals surface area contributed by atoms with Crippen LogP contribution in [-0.4, -0.2) is 38.7 Å². The molecule has 1 N–H and O–H groups in total. The first-order chi connectivity index (χ1) is 15.8. The van der Waals surface area contributed by atoms with Gasteiger partial charge in [-0.3, -0.25) is 4.79 Å². The van der Waals surface area contributed by atoms with Crippen molar-refractivity contribution in [3.8, 4) is 0 Å². The lowest BCUT2D eigenvalue weighted by Crippen LogP contribution is -2.35. The first-order valence-electron chi connectivity index (χ1n) is 10.9. The summed E-state index contributed by atoms with van der Waals surface area (Å²) in [5.74, 6) is -0.309. The van der Waals surface area contributed by atoms with Crippen molar-refractivity contribution in [1.82, 2.24) is 10.3 Å². The Hall–Kier alpha value is -2.33. The van der Waals surface area contributed by atoms with Crippen LogP contribution in [0.4, 0.5) is 19.0 Å². The van der Waals surface area contributed by atoms with Gasteiger partial charge < -0.3 is 10.2 Å². The second-order valence-corrected chi connectivity index (χ2v) is 11.1. The fraction of sp³-hybridized carbons (Fsp3) is 0.478. The van der Waals surface area contributed by atoms with Gasteiger partial charge in [0, 0.05) is 31.5 Å². The standard InChI is InChI=1S/C23H27ClF3N3O3S/c1-14-8-10-30(11-9-14)21-17(5-7-20(29-21)23(25,26)27)13-28-22(31)15(2)16-4-6-19(18(24)12-16)34(3,32)33/h4-7,12,14-15H,8-11,13H2,1-3H3,(H,28,31). The van der Waals surface area contributed by atoms with E-state index in [1.807, 2.05) is 4.90 Å². The molecule has 1 atom stereocenters. The molecule has 1 aliphatic rings. The zero-order valence-electron chi connectivity index (χ0n) is 19.1. The van der Waals surface area contributed by atoms with E-state index in [0.717, 1.165) is 25.2 Å². The highest BCUT2D eigenvalue weighted by Gasteiger charge is 2.34. The van der Waals surface area contributed by atoms with Crippen molar-refractivity contribution < 1.29 is 26.4 Å². The van der Waals surface area contributed by atoms with E-state index in [2.05, 4.69) is 17.2 Å². The highest BCUT2D eigenvalue weighted by atomic mass is 35.5. The quantitative estimate of drug-likeness (QED) is 0.594. The average molecular weight is 518 g/mol. The lowest BCUT2D eigenvalue weighted by Gasteiger charge is -2.33. The summed E-state index contributed by atoms with van der Waals surface area (Å²) >= 11 is 6.09. The molecule has 1 saturated heterocycles. The first kappa shape index (κ1) is 26.3. The minimum absolute atomic E-state index is 0.00481. The molecule has 1 unspecified atom stereocenters. The Labute approximate surface area is 202 Å². The van der Waals surface area contributed by atoms with Crippen molar-refractivity contribution in [2.24, 2.45) is 5.92 Å². The maximum Gasteiger partial charge on any atom is 0.433 e. The predicted octanol–water partition coefficient (Wildman–Crippen LogP) is 4.81. The van der Waals surface area contributed by atoms with E-state index in [-0.39, 0.29) is 28.2 Å². The van der Waals surface area contributed by atoms with Gasteiger partial charge in [-0.1, -0.05) is 30.7 Å². The van der Waals surface area contributed by atoms with E-state index >= 15 is 0 Å². The molecule has 34 heavy (non-hydrogen) atoms. The number of nitrogens with zero attached hydrogens (tertiary/aromatic N) is 2. The monoisotopic (exact) mass is 517 g/mol. The van der Waals surface area contributed by atoms with E-state index in [1.54, 1.807) is 6.92 Å². The lowest BCUT2D eigenvalue weighted by atomic mass is 9.98. The number of pyridine rings is 1. The van der Waals surface area contributed by atoms with Gasteiger partial charge >= 0.3 is 6.18 Å². The molecular weight excluding hydrogens is 491 g/mol. The number of carbonyl (C=O) groups is 1. The fourth-order valence-electron chi connectivity index (χ4n) is 3.84. The van der Waals surface area contributed by atoms with Crippen LogP contribution in [0.25, 0.3) is 0 Å². The van der Waals surface area contributed by atoms with Crippen molar-refractivity contribution in [2.45, 2.75) is 50.2 Å². The number of piperidine rings is 1. The summed E-state index contributed by atoms with van der Waals surface area (Å²) in [6.45, 7) is 4.94. The maximum atomic E-state index is 13.3. The summed E-state index contributed by atoms with van der Waals surface area (Å²) in [7, 11) is -3.50. The van der Waals surface area contributed by atoms with Crippen LogP contribution in [0.1, 0.15) is 49.4 Å². The zero-order chi connectivity index (χ0) is 25.3.